The van der Waals surface area contributed by atoms with Crippen LogP contribution in [0.25, 0.3) is 10.9 Å². The van der Waals surface area contributed by atoms with Gasteiger partial charge in [-0.2, -0.15) is 0 Å². The van der Waals surface area contributed by atoms with Crippen molar-refractivity contribution < 1.29 is 23.0 Å². The molecule has 1 aliphatic rings. The summed E-state index contributed by atoms with van der Waals surface area (Å²) in [6, 6.07) is 5.75. The average Bonchev–Trinajstić information content (AvgIpc) is 2.89. The monoisotopic (exact) mass is 531 g/mol. The van der Waals surface area contributed by atoms with Crippen LogP contribution < -0.4 is 14.8 Å². The van der Waals surface area contributed by atoms with Gasteiger partial charge in [0.15, 0.2) is 17.3 Å². The molecule has 0 spiro atoms. The number of ether oxygens (including phenoxy) is 2. The van der Waals surface area contributed by atoms with Crippen molar-refractivity contribution in [1.82, 2.24) is 19.8 Å². The predicted octanol–water partition coefficient (Wildman–Crippen LogP) is 4.80. The van der Waals surface area contributed by atoms with Crippen molar-refractivity contribution in [3.8, 4) is 11.5 Å². The lowest BCUT2D eigenvalue weighted by Gasteiger charge is -2.32. The summed E-state index contributed by atoms with van der Waals surface area (Å²) in [6.45, 7) is 1.85. The highest BCUT2D eigenvalue weighted by atomic mass is 35.5. The normalized spacial score (nSPS) is 14.5. The molecule has 1 saturated heterocycles. The van der Waals surface area contributed by atoms with Crippen molar-refractivity contribution in [2.24, 2.45) is 0 Å². The van der Waals surface area contributed by atoms with Gasteiger partial charge in [0.25, 0.3) is 0 Å². The van der Waals surface area contributed by atoms with Gasteiger partial charge in [0.2, 0.25) is 5.91 Å². The molecule has 37 heavy (non-hydrogen) atoms. The molecule has 0 saturated carbocycles. The van der Waals surface area contributed by atoms with Crippen LogP contribution in [0.5, 0.6) is 11.5 Å². The molecule has 0 atom stereocenters. The Kier molecular flexibility index (Phi) is 8.40. The first-order valence-corrected chi connectivity index (χ1v) is 12.1. The number of likely N-dealkylation sites (tertiary alicyclic amines) is 1. The lowest BCUT2D eigenvalue weighted by Crippen LogP contribution is -2.41. The summed E-state index contributed by atoms with van der Waals surface area (Å²) in [5.74, 6) is -0.528. The fourth-order valence-electron chi connectivity index (χ4n) is 4.01. The van der Waals surface area contributed by atoms with E-state index in [0.29, 0.717) is 60.7 Å². The predicted molar refractivity (Wildman–Crippen MR) is 139 cm³/mol. The number of piperidine rings is 1. The molecule has 0 aliphatic carbocycles. The van der Waals surface area contributed by atoms with E-state index in [1.54, 1.807) is 18.2 Å². The number of aromatic nitrogens is 2. The van der Waals surface area contributed by atoms with E-state index in [0.717, 1.165) is 6.07 Å². The molecule has 1 N–H and O–H groups in total. The van der Waals surface area contributed by atoms with Crippen molar-refractivity contribution in [2.45, 2.75) is 18.9 Å². The molecule has 2 heterocycles. The van der Waals surface area contributed by atoms with Gasteiger partial charge in [-0.15, -0.1) is 0 Å². The molecule has 1 amide bonds. The highest BCUT2D eigenvalue weighted by Crippen LogP contribution is 2.37. The molecule has 11 heteroatoms. The number of hydrogen-bond donors (Lipinski definition) is 1. The van der Waals surface area contributed by atoms with Crippen LogP contribution in [0, 0.1) is 11.6 Å². The minimum atomic E-state index is -0.920. The van der Waals surface area contributed by atoms with Crippen molar-refractivity contribution in [1.29, 1.82) is 0 Å². The molecule has 196 valence electrons. The van der Waals surface area contributed by atoms with E-state index in [1.807, 2.05) is 30.0 Å². The first-order chi connectivity index (χ1) is 17.8. The maximum atomic E-state index is 14.5. The summed E-state index contributed by atoms with van der Waals surface area (Å²) in [4.78, 5) is 24.7. The molecule has 8 nitrogen and oxygen atoms in total. The SMILES string of the molecule is COc1cc2ncnc(Nc3ccc(F)c(Cl)c3F)c2cc1OC1CCN(C(=O)C=CCN(C)C)CC1. The van der Waals surface area contributed by atoms with Gasteiger partial charge >= 0.3 is 0 Å². The molecule has 0 bridgehead atoms. The van der Waals surface area contributed by atoms with E-state index >= 15 is 0 Å². The standard InChI is InChI=1S/C26H28ClF2N5O3/c1-33(2)10-4-5-23(35)34-11-8-16(9-12-34)37-22-13-17-20(14-21(22)36-3)30-15-31-26(17)32-19-7-6-18(28)24(27)25(19)29/h4-7,13-16H,8-12H2,1-3H3,(H,30,31,32). The van der Waals surface area contributed by atoms with Crippen LogP contribution in [0.1, 0.15) is 12.8 Å². The molecule has 3 aromatic rings. The molecule has 0 radical (unpaired) electrons. The van der Waals surface area contributed by atoms with E-state index in [-0.39, 0.29) is 17.7 Å². The second-order valence-corrected chi connectivity index (χ2v) is 9.28. The molecular formula is C26H28ClF2N5O3. The summed E-state index contributed by atoms with van der Waals surface area (Å²) < 4.78 is 39.9. The highest BCUT2D eigenvalue weighted by Gasteiger charge is 2.24. The number of hydrogen-bond acceptors (Lipinski definition) is 7. The number of carbonyl (C=O) groups excluding carboxylic acids is 1. The zero-order chi connectivity index (χ0) is 26.5. The third kappa shape index (κ3) is 6.26. The average molecular weight is 532 g/mol. The van der Waals surface area contributed by atoms with Crippen LogP contribution in [-0.4, -0.2) is 72.6 Å². The van der Waals surface area contributed by atoms with Crippen molar-refractivity contribution in [3.05, 3.63) is 59.4 Å². The Morgan fingerprint density at radius 3 is 2.68 bits per heavy atom. The molecular weight excluding hydrogens is 504 g/mol. The Balaban J connectivity index is 1.51. The third-order valence-corrected chi connectivity index (χ3v) is 6.33. The Bertz CT molecular complexity index is 1310. The largest absolute Gasteiger partial charge is 0.493 e. The summed E-state index contributed by atoms with van der Waals surface area (Å²) in [5.41, 5.74) is 0.515. The number of likely N-dealkylation sites (N-methyl/N-ethyl adjacent to an activating group) is 1. The summed E-state index contributed by atoms with van der Waals surface area (Å²) in [7, 11) is 5.42. The number of benzene rings is 2. The van der Waals surface area contributed by atoms with Crippen LogP contribution in [-0.2, 0) is 4.79 Å². The molecule has 1 aromatic heterocycles. The number of carbonyl (C=O) groups is 1. The van der Waals surface area contributed by atoms with Gasteiger partial charge in [0.05, 0.1) is 18.3 Å². The van der Waals surface area contributed by atoms with Crippen molar-refractivity contribution >= 4 is 39.9 Å². The number of nitrogens with zero attached hydrogens (tertiary/aromatic N) is 4. The van der Waals surface area contributed by atoms with Gasteiger partial charge in [0.1, 0.15) is 29.1 Å². The smallest absolute Gasteiger partial charge is 0.246 e. The van der Waals surface area contributed by atoms with Crippen LogP contribution in [0.4, 0.5) is 20.3 Å². The van der Waals surface area contributed by atoms with Crippen LogP contribution in [0.3, 0.4) is 0 Å². The first kappa shape index (κ1) is 26.6. The minimum absolute atomic E-state index is 0.00965. The zero-order valence-electron chi connectivity index (χ0n) is 20.8. The first-order valence-electron chi connectivity index (χ1n) is 11.8. The van der Waals surface area contributed by atoms with Crippen LogP contribution in [0.15, 0.2) is 42.7 Å². The van der Waals surface area contributed by atoms with Gasteiger partial charge in [-0.1, -0.05) is 17.7 Å². The fourth-order valence-corrected chi connectivity index (χ4v) is 4.17. The number of halogens is 3. The highest BCUT2D eigenvalue weighted by molar-refractivity contribution is 6.31. The van der Waals surface area contributed by atoms with Crippen LogP contribution >= 0.6 is 11.6 Å². The van der Waals surface area contributed by atoms with E-state index < -0.39 is 16.7 Å². The number of methoxy groups -OCH3 is 1. The summed E-state index contributed by atoms with van der Waals surface area (Å²) in [6.07, 6.45) is 5.97. The molecule has 4 rings (SSSR count). The van der Waals surface area contributed by atoms with E-state index in [2.05, 4.69) is 15.3 Å². The van der Waals surface area contributed by atoms with E-state index in [1.165, 1.54) is 19.5 Å². The molecule has 0 unspecified atom stereocenters. The van der Waals surface area contributed by atoms with Crippen LogP contribution in [0.2, 0.25) is 5.02 Å². The molecule has 2 aromatic carbocycles. The number of anilines is 2. The second-order valence-electron chi connectivity index (χ2n) is 8.90. The van der Waals surface area contributed by atoms with E-state index in [4.69, 9.17) is 21.1 Å². The zero-order valence-corrected chi connectivity index (χ0v) is 21.6. The van der Waals surface area contributed by atoms with Gasteiger partial charge in [-0.25, -0.2) is 18.7 Å². The van der Waals surface area contributed by atoms with Gasteiger partial charge in [0, 0.05) is 50.0 Å². The molecule has 1 aliphatic heterocycles. The number of rotatable bonds is 8. The maximum absolute atomic E-state index is 14.5. The lowest BCUT2D eigenvalue weighted by molar-refractivity contribution is -0.127. The Morgan fingerprint density at radius 1 is 1.22 bits per heavy atom. The Labute approximate surface area is 218 Å². The Morgan fingerprint density at radius 2 is 1.97 bits per heavy atom. The lowest BCUT2D eigenvalue weighted by atomic mass is 10.1. The number of fused-ring (bicyclic) bond motifs is 1. The van der Waals surface area contributed by atoms with Gasteiger partial charge in [-0.3, -0.25) is 4.79 Å². The van der Waals surface area contributed by atoms with Crippen molar-refractivity contribution in [2.75, 3.05) is 46.2 Å². The number of nitrogens with one attached hydrogen (secondary N) is 1. The fraction of sp³-hybridized carbons (Fsp3) is 0.346. The number of amides is 1. The summed E-state index contributed by atoms with van der Waals surface area (Å²) in [5, 5.41) is 2.81. The van der Waals surface area contributed by atoms with Gasteiger partial charge < -0.3 is 24.6 Å². The third-order valence-electron chi connectivity index (χ3n) is 5.99. The maximum Gasteiger partial charge on any atom is 0.246 e. The topological polar surface area (TPSA) is 79.8 Å². The quantitative estimate of drug-likeness (QED) is 0.330. The summed E-state index contributed by atoms with van der Waals surface area (Å²) >= 11 is 5.72. The van der Waals surface area contributed by atoms with Crippen molar-refractivity contribution in [3.63, 3.8) is 0 Å². The second kappa shape index (κ2) is 11.7. The Hall–Kier alpha value is -3.50. The minimum Gasteiger partial charge on any atom is -0.493 e. The van der Waals surface area contributed by atoms with E-state index in [9.17, 15) is 13.6 Å². The molecule has 1 fully saturated rings. The van der Waals surface area contributed by atoms with Gasteiger partial charge in [-0.05, 0) is 32.3 Å².